The molecule has 0 fully saturated rings. The summed E-state index contributed by atoms with van der Waals surface area (Å²) in [6.07, 6.45) is -0.433. The summed E-state index contributed by atoms with van der Waals surface area (Å²) in [5, 5.41) is 0.598. The van der Waals surface area contributed by atoms with Crippen LogP contribution in [0, 0.1) is 0 Å². The van der Waals surface area contributed by atoms with Gasteiger partial charge < -0.3 is 5.73 Å². The lowest BCUT2D eigenvalue weighted by Gasteiger charge is -2.26. The van der Waals surface area contributed by atoms with E-state index in [1.165, 1.54) is 0 Å². The third-order valence-corrected chi connectivity index (χ3v) is 3.80. The molecule has 22 heavy (non-hydrogen) atoms. The minimum atomic E-state index is -0.433. The Labute approximate surface area is 134 Å². The average molecular weight is 314 g/mol. The number of hydrogen-bond donors (Lipinski definition) is 1. The highest BCUT2D eigenvalue weighted by Gasteiger charge is 2.27. The maximum absolute atomic E-state index is 12.4. The normalized spacial score (nSPS) is 15.9. The van der Waals surface area contributed by atoms with E-state index in [0.717, 1.165) is 22.5 Å². The fourth-order valence-electron chi connectivity index (χ4n) is 2.64. The van der Waals surface area contributed by atoms with Crippen LogP contribution in [0.25, 0.3) is 0 Å². The molecule has 0 bridgehead atoms. The number of rotatable bonds is 2. The quantitative estimate of drug-likeness (QED) is 0.927. The molecule has 1 unspecified atom stereocenters. The molecule has 4 nitrogen and oxygen atoms in total. The Morgan fingerprint density at radius 2 is 1.95 bits per heavy atom. The number of benzene rings is 2. The lowest BCUT2D eigenvalue weighted by Crippen LogP contribution is -2.45. The number of nitrogens with two attached hydrogens (primary N) is 1. The number of aliphatic imine (C=N–C) groups is 1. The Balaban J connectivity index is 2.23. The molecule has 2 aromatic carbocycles. The Bertz CT molecular complexity index is 741. The van der Waals surface area contributed by atoms with Crippen LogP contribution in [0.15, 0.2) is 53.5 Å². The van der Waals surface area contributed by atoms with E-state index in [2.05, 4.69) is 4.99 Å². The van der Waals surface area contributed by atoms with Gasteiger partial charge in [0.25, 0.3) is 0 Å². The second-order valence-electron chi connectivity index (χ2n) is 5.20. The molecule has 0 spiro atoms. The van der Waals surface area contributed by atoms with Crippen molar-refractivity contribution >= 4 is 28.9 Å². The predicted molar refractivity (Wildman–Crippen MR) is 89.5 cm³/mol. The van der Waals surface area contributed by atoms with E-state index in [9.17, 15) is 4.79 Å². The number of amides is 1. The summed E-state index contributed by atoms with van der Waals surface area (Å²) in [4.78, 5) is 18.5. The maximum atomic E-state index is 12.4. The number of fused-ring (bicyclic) bond motifs is 1. The number of nitrogens with zero attached hydrogens (tertiary/aromatic N) is 2. The summed E-state index contributed by atoms with van der Waals surface area (Å²) in [7, 11) is 0. The van der Waals surface area contributed by atoms with Gasteiger partial charge >= 0.3 is 0 Å². The Morgan fingerprint density at radius 3 is 2.64 bits per heavy atom. The highest BCUT2D eigenvalue weighted by Crippen LogP contribution is 2.30. The van der Waals surface area contributed by atoms with Gasteiger partial charge in [-0.1, -0.05) is 41.9 Å². The second kappa shape index (κ2) is 5.91. The number of anilines is 1. The highest BCUT2D eigenvalue weighted by molar-refractivity contribution is 6.32. The van der Waals surface area contributed by atoms with Crippen LogP contribution in [0.1, 0.15) is 18.1 Å². The van der Waals surface area contributed by atoms with Gasteiger partial charge in [0.2, 0.25) is 5.91 Å². The van der Waals surface area contributed by atoms with Crippen molar-refractivity contribution in [1.29, 1.82) is 0 Å². The van der Waals surface area contributed by atoms with Gasteiger partial charge in [0.1, 0.15) is 6.54 Å². The van der Waals surface area contributed by atoms with Crippen LogP contribution in [0.3, 0.4) is 0 Å². The second-order valence-corrected chi connectivity index (χ2v) is 5.63. The predicted octanol–water partition coefficient (Wildman–Crippen LogP) is 2.83. The van der Waals surface area contributed by atoms with Gasteiger partial charge in [0.05, 0.1) is 17.6 Å². The summed E-state index contributed by atoms with van der Waals surface area (Å²) in [6, 6.07) is 15.2. The number of carbonyl (C=O) groups is 1. The number of carbonyl (C=O) groups excluding carboxylic acids is 1. The lowest BCUT2D eigenvalue weighted by molar-refractivity contribution is -0.117. The number of hydrogen-bond acceptors (Lipinski definition) is 3. The first-order valence-corrected chi connectivity index (χ1v) is 7.43. The summed E-state index contributed by atoms with van der Waals surface area (Å²) in [5.74, 6) is -0.121. The largest absolute Gasteiger partial charge is 0.311 e. The number of halogens is 1. The zero-order valence-electron chi connectivity index (χ0n) is 12.2. The van der Waals surface area contributed by atoms with E-state index in [1.54, 1.807) is 17.9 Å². The lowest BCUT2D eigenvalue weighted by atomic mass is 10.00. The SMILES string of the molecule is CC(N)N1C(=O)CN=C(c2ccccc2)c2cc(Cl)ccc21. The summed E-state index contributed by atoms with van der Waals surface area (Å²) < 4.78 is 0. The molecule has 2 aromatic rings. The topological polar surface area (TPSA) is 58.7 Å². The van der Waals surface area contributed by atoms with Crippen LogP contribution in [-0.4, -0.2) is 24.3 Å². The molecule has 3 rings (SSSR count). The van der Waals surface area contributed by atoms with Gasteiger partial charge in [0, 0.05) is 16.1 Å². The van der Waals surface area contributed by atoms with E-state index < -0.39 is 6.17 Å². The summed E-state index contributed by atoms with van der Waals surface area (Å²) in [6.45, 7) is 1.85. The van der Waals surface area contributed by atoms with Gasteiger partial charge in [-0.25, -0.2) is 0 Å². The first-order chi connectivity index (χ1) is 10.6. The first-order valence-electron chi connectivity index (χ1n) is 7.05. The van der Waals surface area contributed by atoms with Gasteiger partial charge in [-0.05, 0) is 25.1 Å². The van der Waals surface area contributed by atoms with Crippen molar-refractivity contribution in [2.45, 2.75) is 13.1 Å². The van der Waals surface area contributed by atoms with Crippen molar-refractivity contribution in [3.63, 3.8) is 0 Å². The fourth-order valence-corrected chi connectivity index (χ4v) is 2.81. The van der Waals surface area contributed by atoms with Crippen molar-refractivity contribution in [3.8, 4) is 0 Å². The molecule has 1 atom stereocenters. The minimum Gasteiger partial charge on any atom is -0.311 e. The van der Waals surface area contributed by atoms with E-state index in [4.69, 9.17) is 17.3 Å². The smallest absolute Gasteiger partial charge is 0.249 e. The first kappa shape index (κ1) is 14.8. The maximum Gasteiger partial charge on any atom is 0.249 e. The van der Waals surface area contributed by atoms with E-state index in [1.807, 2.05) is 42.5 Å². The molecule has 1 aliphatic rings. The molecule has 1 aliphatic heterocycles. The molecule has 1 heterocycles. The monoisotopic (exact) mass is 313 g/mol. The molecule has 2 N–H and O–H groups in total. The van der Waals surface area contributed by atoms with Crippen molar-refractivity contribution < 1.29 is 4.79 Å². The number of benzodiazepines with no additional fused rings is 1. The third-order valence-electron chi connectivity index (χ3n) is 3.57. The third kappa shape index (κ3) is 2.63. The van der Waals surface area contributed by atoms with Gasteiger partial charge in [-0.2, -0.15) is 0 Å². The highest BCUT2D eigenvalue weighted by atomic mass is 35.5. The Hall–Kier alpha value is -2.17. The van der Waals surface area contributed by atoms with Crippen molar-refractivity contribution in [2.24, 2.45) is 10.7 Å². The van der Waals surface area contributed by atoms with Crippen LogP contribution in [0.2, 0.25) is 5.02 Å². The zero-order chi connectivity index (χ0) is 15.7. The average Bonchev–Trinajstić information content (AvgIpc) is 2.64. The molecule has 112 valence electrons. The molecule has 0 saturated heterocycles. The van der Waals surface area contributed by atoms with Crippen molar-refractivity contribution in [3.05, 3.63) is 64.7 Å². The van der Waals surface area contributed by atoms with E-state index in [-0.39, 0.29) is 12.5 Å². The summed E-state index contributed by atoms with van der Waals surface area (Å²) >= 11 is 6.16. The van der Waals surface area contributed by atoms with Crippen LogP contribution < -0.4 is 10.6 Å². The Morgan fingerprint density at radius 1 is 1.23 bits per heavy atom. The van der Waals surface area contributed by atoms with Crippen LogP contribution in [0.5, 0.6) is 0 Å². The van der Waals surface area contributed by atoms with Crippen molar-refractivity contribution in [2.75, 3.05) is 11.4 Å². The van der Waals surface area contributed by atoms with E-state index >= 15 is 0 Å². The molecule has 0 aromatic heterocycles. The van der Waals surface area contributed by atoms with Crippen LogP contribution in [-0.2, 0) is 4.79 Å². The zero-order valence-corrected chi connectivity index (χ0v) is 12.9. The molecule has 1 amide bonds. The standard InChI is InChI=1S/C17H16ClN3O/c1-11(19)21-15-8-7-13(18)9-14(15)17(20-10-16(21)22)12-5-3-2-4-6-12/h2-9,11H,10,19H2,1H3. The van der Waals surface area contributed by atoms with Gasteiger partial charge in [-0.15, -0.1) is 0 Å². The van der Waals surface area contributed by atoms with Gasteiger partial charge in [-0.3, -0.25) is 14.7 Å². The minimum absolute atomic E-state index is 0.0675. The molecular weight excluding hydrogens is 298 g/mol. The molecule has 5 heteroatoms. The van der Waals surface area contributed by atoms with E-state index in [0.29, 0.717) is 5.02 Å². The molecule has 0 radical (unpaired) electrons. The van der Waals surface area contributed by atoms with Crippen LogP contribution >= 0.6 is 11.6 Å². The molecular formula is C17H16ClN3O. The Kier molecular flexibility index (Phi) is 3.96. The van der Waals surface area contributed by atoms with Gasteiger partial charge in [0.15, 0.2) is 0 Å². The van der Waals surface area contributed by atoms with Crippen LogP contribution in [0.4, 0.5) is 5.69 Å². The molecule has 0 saturated carbocycles. The van der Waals surface area contributed by atoms with Crippen molar-refractivity contribution in [1.82, 2.24) is 0 Å². The fraction of sp³-hybridized carbons (Fsp3) is 0.176. The molecule has 0 aliphatic carbocycles. The summed E-state index contributed by atoms with van der Waals surface area (Å²) in [5.41, 5.74) is 9.25.